The largest absolute Gasteiger partial charge is 0.487 e. The molecule has 5 nitrogen and oxygen atoms in total. The van der Waals surface area contributed by atoms with Crippen molar-refractivity contribution in [1.29, 1.82) is 0 Å². The van der Waals surface area contributed by atoms with Gasteiger partial charge >= 0.3 is 6.03 Å². The average Bonchev–Trinajstić information content (AvgIpc) is 2.53. The van der Waals surface area contributed by atoms with Crippen LogP contribution in [0.3, 0.4) is 0 Å². The summed E-state index contributed by atoms with van der Waals surface area (Å²) in [6, 6.07) is 4.81. The number of hydroxylamine groups is 2. The summed E-state index contributed by atoms with van der Waals surface area (Å²) in [6.07, 6.45) is 0.818. The summed E-state index contributed by atoms with van der Waals surface area (Å²) in [5, 5.41) is 9.82. The van der Waals surface area contributed by atoms with E-state index in [0.29, 0.717) is 5.06 Å². The molecule has 2 rings (SSSR count). The van der Waals surface area contributed by atoms with Gasteiger partial charge in [-0.25, -0.2) is 9.86 Å². The first-order valence-corrected chi connectivity index (χ1v) is 5.45. The summed E-state index contributed by atoms with van der Waals surface area (Å²) < 4.78 is 5.82. The second-order valence-electron chi connectivity index (χ2n) is 4.84. The molecule has 0 saturated heterocycles. The number of carbonyl (C=O) groups is 1. The number of hydrogen-bond donors (Lipinski definition) is 2. The highest BCUT2D eigenvalue weighted by molar-refractivity contribution is 5.70. The number of fused-ring (bicyclic) bond motifs is 1. The monoisotopic (exact) mass is 236 g/mol. The molecule has 0 saturated carbocycles. The van der Waals surface area contributed by atoms with E-state index in [9.17, 15) is 10.0 Å². The molecule has 0 bridgehead atoms. The minimum absolute atomic E-state index is 0.0363. The maximum Gasteiger partial charge on any atom is 0.338 e. The molecule has 2 amide bonds. The minimum Gasteiger partial charge on any atom is -0.487 e. The highest BCUT2D eigenvalue weighted by Gasteiger charge is 2.31. The van der Waals surface area contributed by atoms with Gasteiger partial charge in [-0.05, 0) is 19.4 Å². The van der Waals surface area contributed by atoms with Gasteiger partial charge < -0.3 is 10.5 Å². The van der Waals surface area contributed by atoms with E-state index in [4.69, 9.17) is 10.5 Å². The van der Waals surface area contributed by atoms with E-state index in [1.807, 2.05) is 32.0 Å². The predicted octanol–water partition coefficient (Wildman–Crippen LogP) is 1.67. The Bertz CT molecular complexity index is 457. The molecule has 0 aromatic heterocycles. The molecule has 0 fully saturated rings. The fourth-order valence-electron chi connectivity index (χ4n) is 2.04. The van der Waals surface area contributed by atoms with Gasteiger partial charge in [0.2, 0.25) is 0 Å². The highest BCUT2D eigenvalue weighted by Crippen LogP contribution is 2.37. The number of urea groups is 1. The quantitative estimate of drug-likeness (QED) is 0.605. The van der Waals surface area contributed by atoms with Gasteiger partial charge in [-0.3, -0.25) is 5.21 Å². The van der Waals surface area contributed by atoms with E-state index < -0.39 is 6.03 Å². The van der Waals surface area contributed by atoms with Crippen LogP contribution in [0.25, 0.3) is 0 Å². The molecular weight excluding hydrogens is 220 g/mol. The summed E-state index contributed by atoms with van der Waals surface area (Å²) in [5.74, 6) is 0.748. The van der Waals surface area contributed by atoms with Crippen LogP contribution in [-0.2, 0) is 13.0 Å². The Balaban J connectivity index is 2.27. The van der Waals surface area contributed by atoms with E-state index in [2.05, 4.69) is 0 Å². The Kier molecular flexibility index (Phi) is 2.71. The molecule has 3 N–H and O–H groups in total. The third kappa shape index (κ3) is 2.34. The van der Waals surface area contributed by atoms with Gasteiger partial charge in [0, 0.05) is 12.0 Å². The van der Waals surface area contributed by atoms with E-state index in [1.165, 1.54) is 0 Å². The normalized spacial score (nSPS) is 16.2. The molecule has 1 aromatic carbocycles. The van der Waals surface area contributed by atoms with Crippen LogP contribution in [0.15, 0.2) is 18.2 Å². The third-order valence-corrected chi connectivity index (χ3v) is 2.75. The fraction of sp³-hybridized carbons (Fsp3) is 0.417. The van der Waals surface area contributed by atoms with Crippen LogP contribution in [0, 0.1) is 0 Å². The van der Waals surface area contributed by atoms with Crippen LogP contribution in [0.4, 0.5) is 4.79 Å². The molecule has 92 valence electrons. The number of nitrogens with zero attached hydrogens (tertiary/aromatic N) is 1. The number of nitrogens with two attached hydrogens (primary N) is 1. The number of ether oxygens (including phenoxy) is 1. The van der Waals surface area contributed by atoms with Crippen LogP contribution in [0.1, 0.15) is 25.0 Å². The molecule has 0 spiro atoms. The lowest BCUT2D eigenvalue weighted by Gasteiger charge is -2.19. The van der Waals surface area contributed by atoms with Crippen molar-refractivity contribution in [2.24, 2.45) is 5.73 Å². The number of hydrogen-bond acceptors (Lipinski definition) is 3. The summed E-state index contributed by atoms with van der Waals surface area (Å²) in [6.45, 7) is 4.04. The number of amides is 2. The van der Waals surface area contributed by atoms with Crippen LogP contribution < -0.4 is 10.5 Å². The van der Waals surface area contributed by atoms with Gasteiger partial charge in [-0.2, -0.15) is 0 Å². The number of carbonyl (C=O) groups excluding carboxylic acids is 1. The van der Waals surface area contributed by atoms with Crippen molar-refractivity contribution in [1.82, 2.24) is 5.06 Å². The predicted molar refractivity (Wildman–Crippen MR) is 61.8 cm³/mol. The van der Waals surface area contributed by atoms with Crippen molar-refractivity contribution in [2.45, 2.75) is 32.4 Å². The molecular formula is C12H16N2O3. The van der Waals surface area contributed by atoms with Crippen molar-refractivity contribution < 1.29 is 14.7 Å². The van der Waals surface area contributed by atoms with Crippen molar-refractivity contribution in [3.05, 3.63) is 29.3 Å². The summed E-state index contributed by atoms with van der Waals surface area (Å²) in [5.41, 5.74) is 6.58. The lowest BCUT2D eigenvalue weighted by Crippen LogP contribution is -2.32. The van der Waals surface area contributed by atoms with Gasteiger partial charge in [0.1, 0.15) is 11.4 Å². The molecule has 1 aliphatic rings. The fourth-order valence-corrected chi connectivity index (χ4v) is 2.04. The van der Waals surface area contributed by atoms with Crippen molar-refractivity contribution in [3.63, 3.8) is 0 Å². The maximum atomic E-state index is 10.8. The second kappa shape index (κ2) is 3.92. The van der Waals surface area contributed by atoms with Crippen molar-refractivity contribution in [2.75, 3.05) is 0 Å². The van der Waals surface area contributed by atoms with Crippen molar-refractivity contribution >= 4 is 6.03 Å². The Morgan fingerprint density at radius 1 is 1.59 bits per heavy atom. The van der Waals surface area contributed by atoms with Gasteiger partial charge in [0.25, 0.3) is 0 Å². The van der Waals surface area contributed by atoms with E-state index in [0.717, 1.165) is 23.3 Å². The van der Waals surface area contributed by atoms with Gasteiger partial charge in [0.05, 0.1) is 6.54 Å². The van der Waals surface area contributed by atoms with Crippen LogP contribution in [0.5, 0.6) is 5.75 Å². The Labute approximate surface area is 99.7 Å². The van der Waals surface area contributed by atoms with Crippen LogP contribution in [-0.4, -0.2) is 21.9 Å². The molecule has 1 aliphatic heterocycles. The first kappa shape index (κ1) is 11.7. The summed E-state index contributed by atoms with van der Waals surface area (Å²) in [7, 11) is 0. The van der Waals surface area contributed by atoms with Crippen LogP contribution in [0.2, 0.25) is 0 Å². The number of para-hydroxylation sites is 1. The zero-order valence-electron chi connectivity index (χ0n) is 9.93. The Morgan fingerprint density at radius 3 is 2.94 bits per heavy atom. The first-order chi connectivity index (χ1) is 7.89. The maximum absolute atomic E-state index is 10.8. The number of primary amides is 1. The minimum atomic E-state index is -0.875. The second-order valence-corrected chi connectivity index (χ2v) is 4.84. The lowest BCUT2D eigenvalue weighted by molar-refractivity contribution is -0.0477. The van der Waals surface area contributed by atoms with Crippen molar-refractivity contribution in [3.8, 4) is 5.75 Å². The molecule has 17 heavy (non-hydrogen) atoms. The third-order valence-electron chi connectivity index (χ3n) is 2.75. The summed E-state index contributed by atoms with van der Waals surface area (Å²) >= 11 is 0. The highest BCUT2D eigenvalue weighted by atomic mass is 16.5. The van der Waals surface area contributed by atoms with E-state index in [-0.39, 0.29) is 12.1 Å². The molecule has 0 atom stereocenters. The van der Waals surface area contributed by atoms with Gasteiger partial charge in [0.15, 0.2) is 0 Å². The smallest absolute Gasteiger partial charge is 0.338 e. The van der Waals surface area contributed by atoms with E-state index in [1.54, 1.807) is 0 Å². The van der Waals surface area contributed by atoms with Gasteiger partial charge in [-0.15, -0.1) is 0 Å². The molecule has 0 radical (unpaired) electrons. The standard InChI is InChI=1S/C12H16N2O3/c1-12(2)6-8-4-3-5-9(10(8)17-12)7-14(16)11(13)15/h3-5,16H,6-7H2,1-2H3,(H2,13,15). The SMILES string of the molecule is CC1(C)Cc2cccc(CN(O)C(N)=O)c2O1. The van der Waals surface area contributed by atoms with Crippen LogP contribution >= 0.6 is 0 Å². The molecule has 0 unspecified atom stereocenters. The van der Waals surface area contributed by atoms with E-state index >= 15 is 0 Å². The molecule has 1 heterocycles. The molecule has 1 aromatic rings. The molecule has 0 aliphatic carbocycles. The number of rotatable bonds is 2. The number of benzene rings is 1. The summed E-state index contributed by atoms with van der Waals surface area (Å²) in [4.78, 5) is 10.8. The first-order valence-electron chi connectivity index (χ1n) is 5.45. The lowest BCUT2D eigenvalue weighted by atomic mass is 10.0. The Morgan fingerprint density at radius 2 is 2.29 bits per heavy atom. The Hall–Kier alpha value is -1.75. The average molecular weight is 236 g/mol. The zero-order chi connectivity index (χ0) is 12.6. The van der Waals surface area contributed by atoms with Gasteiger partial charge in [-0.1, -0.05) is 18.2 Å². The zero-order valence-corrected chi connectivity index (χ0v) is 9.93. The topological polar surface area (TPSA) is 75.8 Å². The molecule has 5 heteroatoms.